The fourth-order valence-electron chi connectivity index (χ4n) is 1.65. The number of nitrogens with one attached hydrogen (secondary N) is 1. The number of aryl methyl sites for hydroxylation is 1. The van der Waals surface area contributed by atoms with Crippen molar-refractivity contribution in [1.29, 1.82) is 4.78 Å². The van der Waals surface area contributed by atoms with E-state index in [-0.39, 0.29) is 5.75 Å². The first-order chi connectivity index (χ1) is 8.08. The third-order valence-electron chi connectivity index (χ3n) is 2.61. The van der Waals surface area contributed by atoms with E-state index in [9.17, 15) is 4.21 Å². The van der Waals surface area contributed by atoms with Crippen LogP contribution in [0.4, 0.5) is 0 Å². The molecule has 0 aromatic heterocycles. The van der Waals surface area contributed by atoms with Gasteiger partial charge in [0.05, 0.1) is 15.5 Å². The lowest BCUT2D eigenvalue weighted by atomic mass is 10.2. The first kappa shape index (κ1) is 11.9. The van der Waals surface area contributed by atoms with E-state index in [0.717, 1.165) is 11.1 Å². The van der Waals surface area contributed by atoms with Crippen molar-refractivity contribution in [2.24, 2.45) is 0 Å². The van der Waals surface area contributed by atoms with Gasteiger partial charge in [0.15, 0.2) is 0 Å². The smallest absolute Gasteiger partial charge is 0.0768 e. The Morgan fingerprint density at radius 1 is 1.00 bits per heavy atom. The molecule has 0 fully saturated rings. The summed E-state index contributed by atoms with van der Waals surface area (Å²) in [5.41, 5.74) is 2.05. The summed E-state index contributed by atoms with van der Waals surface area (Å²) in [6.07, 6.45) is 0. The lowest BCUT2D eigenvalue weighted by Crippen LogP contribution is -2.02. The van der Waals surface area contributed by atoms with Crippen LogP contribution in [0.5, 0.6) is 0 Å². The van der Waals surface area contributed by atoms with Crippen LogP contribution in [0.1, 0.15) is 11.1 Å². The molecule has 0 spiro atoms. The molecule has 0 radical (unpaired) electrons. The minimum atomic E-state index is -2.73. The van der Waals surface area contributed by atoms with Crippen molar-refractivity contribution < 1.29 is 4.21 Å². The Morgan fingerprint density at radius 2 is 1.59 bits per heavy atom. The van der Waals surface area contributed by atoms with Crippen molar-refractivity contribution in [2.45, 2.75) is 17.6 Å². The van der Waals surface area contributed by atoms with Crippen LogP contribution in [0, 0.1) is 11.7 Å². The molecule has 0 aliphatic rings. The van der Waals surface area contributed by atoms with E-state index in [1.807, 2.05) is 49.4 Å². The van der Waals surface area contributed by atoms with Crippen LogP contribution < -0.4 is 0 Å². The standard InChI is InChI=1S/C14H15NOS/c1-12-7-9-14(10-8-12)17(15,16)11-13-5-3-2-4-6-13/h2-10,15H,11H2,1H3/t17-/m1/s1. The van der Waals surface area contributed by atoms with Gasteiger partial charge in [0, 0.05) is 4.90 Å². The average molecular weight is 245 g/mol. The first-order valence-electron chi connectivity index (χ1n) is 5.45. The fraction of sp³-hybridized carbons (Fsp3) is 0.143. The van der Waals surface area contributed by atoms with Crippen LogP contribution >= 0.6 is 0 Å². The average Bonchev–Trinajstić information content (AvgIpc) is 2.30. The Bertz CT molecular complexity index is 586. The second-order valence-corrected chi connectivity index (χ2v) is 6.23. The highest BCUT2D eigenvalue weighted by Gasteiger charge is 2.10. The van der Waals surface area contributed by atoms with Crippen LogP contribution in [0.2, 0.25) is 0 Å². The molecule has 0 amide bonds. The molecule has 0 saturated carbocycles. The SMILES string of the molecule is Cc1ccc([S@](=N)(=O)Cc2ccccc2)cc1. The van der Waals surface area contributed by atoms with E-state index in [4.69, 9.17) is 4.78 Å². The summed E-state index contributed by atoms with van der Waals surface area (Å²) >= 11 is 0. The van der Waals surface area contributed by atoms with Gasteiger partial charge in [-0.1, -0.05) is 48.0 Å². The quantitative estimate of drug-likeness (QED) is 0.881. The zero-order valence-corrected chi connectivity index (χ0v) is 10.5. The molecule has 1 N–H and O–H groups in total. The van der Waals surface area contributed by atoms with Crippen molar-refractivity contribution in [3.63, 3.8) is 0 Å². The van der Waals surface area contributed by atoms with Crippen LogP contribution in [-0.4, -0.2) is 4.21 Å². The number of hydrogen-bond acceptors (Lipinski definition) is 2. The zero-order chi connectivity index (χ0) is 12.3. The topological polar surface area (TPSA) is 40.9 Å². The highest BCUT2D eigenvalue weighted by atomic mass is 32.2. The Morgan fingerprint density at radius 3 is 2.18 bits per heavy atom. The predicted molar refractivity (Wildman–Crippen MR) is 70.5 cm³/mol. The van der Waals surface area contributed by atoms with Crippen molar-refractivity contribution in [3.8, 4) is 0 Å². The summed E-state index contributed by atoms with van der Waals surface area (Å²) in [5.74, 6) is 0.275. The van der Waals surface area contributed by atoms with E-state index < -0.39 is 9.73 Å². The highest BCUT2D eigenvalue weighted by molar-refractivity contribution is 7.91. The van der Waals surface area contributed by atoms with Crippen molar-refractivity contribution in [2.75, 3.05) is 0 Å². The molecule has 2 nitrogen and oxygen atoms in total. The molecule has 0 bridgehead atoms. The Balaban J connectivity index is 2.29. The normalized spacial score (nSPS) is 14.2. The summed E-state index contributed by atoms with van der Waals surface area (Å²) in [6.45, 7) is 1.98. The van der Waals surface area contributed by atoms with Crippen molar-refractivity contribution in [1.82, 2.24) is 0 Å². The van der Waals surface area contributed by atoms with Crippen LogP contribution in [0.25, 0.3) is 0 Å². The number of benzene rings is 2. The van der Waals surface area contributed by atoms with Gasteiger partial charge in [-0.2, -0.15) is 0 Å². The molecular formula is C14H15NOS. The molecule has 88 valence electrons. The molecule has 2 aromatic rings. The summed E-state index contributed by atoms with van der Waals surface area (Å²) < 4.78 is 20.3. The fourth-order valence-corrected chi connectivity index (χ4v) is 3.05. The van der Waals surface area contributed by atoms with Gasteiger partial charge in [0.25, 0.3) is 0 Å². The summed E-state index contributed by atoms with van der Waals surface area (Å²) in [5, 5.41) is 0. The minimum absolute atomic E-state index is 0.275. The largest absolute Gasteiger partial charge is 0.249 e. The first-order valence-corrected chi connectivity index (χ1v) is 7.18. The molecule has 1 atom stereocenters. The van der Waals surface area contributed by atoms with Gasteiger partial charge in [0.2, 0.25) is 0 Å². The molecule has 3 heteroatoms. The van der Waals surface area contributed by atoms with E-state index in [1.54, 1.807) is 12.1 Å². The third-order valence-corrected chi connectivity index (χ3v) is 4.39. The van der Waals surface area contributed by atoms with E-state index in [2.05, 4.69) is 0 Å². The molecule has 0 saturated heterocycles. The van der Waals surface area contributed by atoms with Gasteiger partial charge < -0.3 is 0 Å². The number of rotatable bonds is 3. The molecule has 0 aliphatic carbocycles. The molecule has 0 heterocycles. The Hall–Kier alpha value is -1.61. The van der Waals surface area contributed by atoms with Gasteiger partial charge in [-0.3, -0.25) is 0 Å². The summed E-state index contributed by atoms with van der Waals surface area (Å²) in [7, 11) is -2.73. The van der Waals surface area contributed by atoms with Crippen molar-refractivity contribution >= 4 is 9.73 Å². The Kier molecular flexibility index (Phi) is 3.29. The predicted octanol–water partition coefficient (Wildman–Crippen LogP) is 3.60. The maximum absolute atomic E-state index is 12.3. The molecule has 17 heavy (non-hydrogen) atoms. The highest BCUT2D eigenvalue weighted by Crippen LogP contribution is 2.17. The second kappa shape index (κ2) is 4.72. The lowest BCUT2D eigenvalue weighted by molar-refractivity contribution is 0.674. The lowest BCUT2D eigenvalue weighted by Gasteiger charge is -2.08. The van der Waals surface area contributed by atoms with Crippen LogP contribution in [0.15, 0.2) is 59.5 Å². The van der Waals surface area contributed by atoms with Gasteiger partial charge in [0.1, 0.15) is 0 Å². The van der Waals surface area contributed by atoms with E-state index in [0.29, 0.717) is 4.90 Å². The van der Waals surface area contributed by atoms with Crippen LogP contribution in [-0.2, 0) is 15.5 Å². The zero-order valence-electron chi connectivity index (χ0n) is 9.72. The molecule has 2 rings (SSSR count). The summed E-state index contributed by atoms with van der Waals surface area (Å²) in [4.78, 5) is 0.604. The minimum Gasteiger partial charge on any atom is -0.249 e. The van der Waals surface area contributed by atoms with Gasteiger partial charge >= 0.3 is 0 Å². The monoisotopic (exact) mass is 245 g/mol. The van der Waals surface area contributed by atoms with E-state index >= 15 is 0 Å². The maximum Gasteiger partial charge on any atom is 0.0768 e. The number of hydrogen-bond donors (Lipinski definition) is 1. The Labute approximate surface area is 102 Å². The molecule has 2 aromatic carbocycles. The van der Waals surface area contributed by atoms with Crippen molar-refractivity contribution in [3.05, 3.63) is 65.7 Å². The third kappa shape index (κ3) is 2.94. The molecule has 0 aliphatic heterocycles. The second-order valence-electron chi connectivity index (χ2n) is 4.12. The molecular weight excluding hydrogens is 230 g/mol. The van der Waals surface area contributed by atoms with E-state index in [1.165, 1.54) is 0 Å². The van der Waals surface area contributed by atoms with Gasteiger partial charge in [-0.25, -0.2) is 8.99 Å². The van der Waals surface area contributed by atoms with Crippen LogP contribution in [0.3, 0.4) is 0 Å². The molecule has 0 unspecified atom stereocenters. The van der Waals surface area contributed by atoms with Gasteiger partial charge in [-0.05, 0) is 24.6 Å². The maximum atomic E-state index is 12.3. The summed E-state index contributed by atoms with van der Waals surface area (Å²) in [6, 6.07) is 16.9. The van der Waals surface area contributed by atoms with Gasteiger partial charge in [-0.15, -0.1) is 0 Å².